The normalized spacial score (nSPS) is 10.5. The molecule has 0 heterocycles. The fourth-order valence-electron chi connectivity index (χ4n) is 2.40. The van der Waals surface area contributed by atoms with Crippen molar-refractivity contribution in [3.05, 3.63) is 59.2 Å². The first-order valence-corrected chi connectivity index (χ1v) is 8.19. The molecule has 0 aliphatic carbocycles. The van der Waals surface area contributed by atoms with Gasteiger partial charge >= 0.3 is 12.6 Å². The van der Waals surface area contributed by atoms with Crippen LogP contribution in [0.1, 0.15) is 28.4 Å². The molecular formula is C19H19F2NO5. The van der Waals surface area contributed by atoms with Crippen molar-refractivity contribution in [3.8, 4) is 11.5 Å². The molecule has 2 aromatic rings. The lowest BCUT2D eigenvalue weighted by Gasteiger charge is -2.15. The van der Waals surface area contributed by atoms with Crippen LogP contribution in [-0.4, -0.2) is 30.2 Å². The lowest BCUT2D eigenvalue weighted by Crippen LogP contribution is -2.25. The number of aromatic carboxylic acids is 1. The van der Waals surface area contributed by atoms with Gasteiger partial charge in [0, 0.05) is 12.1 Å². The van der Waals surface area contributed by atoms with Gasteiger partial charge < -0.3 is 19.9 Å². The highest BCUT2D eigenvalue weighted by Crippen LogP contribution is 2.32. The van der Waals surface area contributed by atoms with Crippen LogP contribution in [0.3, 0.4) is 0 Å². The van der Waals surface area contributed by atoms with Gasteiger partial charge in [0.25, 0.3) is 0 Å². The second-order valence-electron chi connectivity index (χ2n) is 5.51. The molecule has 1 amide bonds. The number of halogens is 2. The van der Waals surface area contributed by atoms with Gasteiger partial charge in [-0.3, -0.25) is 4.79 Å². The zero-order valence-corrected chi connectivity index (χ0v) is 14.6. The zero-order chi connectivity index (χ0) is 19.8. The molecule has 0 bridgehead atoms. The second-order valence-corrected chi connectivity index (χ2v) is 5.51. The summed E-state index contributed by atoms with van der Waals surface area (Å²) >= 11 is 0. The lowest BCUT2D eigenvalue weighted by molar-refractivity contribution is -0.120. The van der Waals surface area contributed by atoms with Gasteiger partial charge in [0.1, 0.15) is 0 Å². The molecule has 6 nitrogen and oxygen atoms in total. The highest BCUT2D eigenvalue weighted by atomic mass is 19.3. The van der Waals surface area contributed by atoms with Gasteiger partial charge in [0.05, 0.1) is 18.6 Å². The lowest BCUT2D eigenvalue weighted by atomic mass is 10.1. The van der Waals surface area contributed by atoms with Crippen LogP contribution < -0.4 is 14.8 Å². The summed E-state index contributed by atoms with van der Waals surface area (Å²) in [6.45, 7) is -1.04. The van der Waals surface area contributed by atoms with Crippen molar-refractivity contribution in [2.75, 3.05) is 6.61 Å². The monoisotopic (exact) mass is 379 g/mol. The first-order chi connectivity index (χ1) is 12.9. The Kier molecular flexibility index (Phi) is 7.10. The van der Waals surface area contributed by atoms with Crippen LogP contribution in [0.2, 0.25) is 0 Å². The number of amides is 1. The Bertz CT molecular complexity index is 793. The number of ether oxygens (including phenoxy) is 2. The Morgan fingerprint density at radius 3 is 2.44 bits per heavy atom. The summed E-state index contributed by atoms with van der Waals surface area (Å²) in [5.74, 6) is -1.33. The highest BCUT2D eigenvalue weighted by molar-refractivity contribution is 5.87. The Morgan fingerprint density at radius 2 is 1.85 bits per heavy atom. The molecule has 0 aliphatic rings. The van der Waals surface area contributed by atoms with E-state index in [0.717, 1.165) is 0 Å². The van der Waals surface area contributed by atoms with Crippen LogP contribution in [0.5, 0.6) is 11.5 Å². The van der Waals surface area contributed by atoms with Crippen LogP contribution in [0.25, 0.3) is 0 Å². The molecule has 2 N–H and O–H groups in total. The third-order valence-corrected chi connectivity index (χ3v) is 3.61. The van der Waals surface area contributed by atoms with E-state index in [-0.39, 0.29) is 42.5 Å². The minimum atomic E-state index is -3.02. The van der Waals surface area contributed by atoms with E-state index in [1.165, 1.54) is 18.2 Å². The van der Waals surface area contributed by atoms with Gasteiger partial charge in [-0.1, -0.05) is 24.3 Å². The predicted octanol–water partition coefficient (Wildman–Crippen LogP) is 3.24. The van der Waals surface area contributed by atoms with Crippen LogP contribution in [0.15, 0.2) is 42.5 Å². The summed E-state index contributed by atoms with van der Waals surface area (Å²) in [5.41, 5.74) is 1.11. The third-order valence-electron chi connectivity index (χ3n) is 3.61. The predicted molar refractivity (Wildman–Crippen MR) is 93.2 cm³/mol. The van der Waals surface area contributed by atoms with Crippen molar-refractivity contribution in [2.24, 2.45) is 0 Å². The first kappa shape index (κ1) is 20.2. The van der Waals surface area contributed by atoms with Gasteiger partial charge in [-0.15, -0.1) is 0 Å². The topological polar surface area (TPSA) is 84.9 Å². The zero-order valence-electron chi connectivity index (χ0n) is 14.6. The highest BCUT2D eigenvalue weighted by Gasteiger charge is 2.16. The van der Waals surface area contributed by atoms with Crippen molar-refractivity contribution in [1.29, 1.82) is 0 Å². The van der Waals surface area contributed by atoms with E-state index in [0.29, 0.717) is 11.1 Å². The van der Waals surface area contributed by atoms with Crippen molar-refractivity contribution in [3.63, 3.8) is 0 Å². The Labute approximate surface area is 154 Å². The standard InChI is InChI=1S/C19H19F2NO5/c1-2-26-15-5-3-4-14(17(15)27-19(20)21)11-22-16(23)10-12-6-8-13(9-7-12)18(24)25/h3-9,19H,2,10-11H2,1H3,(H,22,23)(H,24,25). The third kappa shape index (κ3) is 5.95. The maximum Gasteiger partial charge on any atom is 0.387 e. The number of benzene rings is 2. The SMILES string of the molecule is CCOc1cccc(CNC(=O)Cc2ccc(C(=O)O)cc2)c1OC(F)F. The number of hydrogen-bond donors (Lipinski definition) is 2. The summed E-state index contributed by atoms with van der Waals surface area (Å²) in [7, 11) is 0. The number of carboxylic acid groups (broad SMARTS) is 1. The number of carbonyl (C=O) groups is 2. The van der Waals surface area contributed by atoms with E-state index >= 15 is 0 Å². The summed E-state index contributed by atoms with van der Waals surface area (Å²) in [6, 6.07) is 10.6. The Hall–Kier alpha value is -3.16. The molecule has 0 unspecified atom stereocenters. The van der Waals surface area contributed by atoms with Crippen LogP contribution in [-0.2, 0) is 17.8 Å². The summed E-state index contributed by atoms with van der Waals surface area (Å²) in [5, 5.41) is 11.5. The Balaban J connectivity index is 2.03. The fraction of sp³-hybridized carbons (Fsp3) is 0.263. The van der Waals surface area contributed by atoms with Gasteiger partial charge in [0.2, 0.25) is 5.91 Å². The van der Waals surface area contributed by atoms with Gasteiger partial charge in [0.15, 0.2) is 11.5 Å². The number of nitrogens with one attached hydrogen (secondary N) is 1. The van der Waals surface area contributed by atoms with E-state index in [2.05, 4.69) is 10.1 Å². The molecule has 0 saturated heterocycles. The van der Waals surface area contributed by atoms with Crippen molar-refractivity contribution >= 4 is 11.9 Å². The van der Waals surface area contributed by atoms with Crippen LogP contribution in [0.4, 0.5) is 8.78 Å². The van der Waals surface area contributed by atoms with E-state index in [4.69, 9.17) is 9.84 Å². The average Bonchev–Trinajstić information content (AvgIpc) is 2.62. The minimum absolute atomic E-state index is 0.0188. The van der Waals surface area contributed by atoms with Gasteiger partial charge in [-0.05, 0) is 30.7 Å². The van der Waals surface area contributed by atoms with Crippen molar-refractivity contribution in [1.82, 2.24) is 5.32 Å². The number of carbonyl (C=O) groups excluding carboxylic acids is 1. The molecular weight excluding hydrogens is 360 g/mol. The molecule has 27 heavy (non-hydrogen) atoms. The van der Waals surface area contributed by atoms with Crippen LogP contribution in [0, 0.1) is 0 Å². The smallest absolute Gasteiger partial charge is 0.387 e. The van der Waals surface area contributed by atoms with E-state index in [9.17, 15) is 18.4 Å². The summed E-state index contributed by atoms with van der Waals surface area (Å²) in [6.07, 6.45) is 0.0239. The van der Waals surface area contributed by atoms with Crippen LogP contribution >= 0.6 is 0 Å². The molecule has 2 aromatic carbocycles. The number of carboxylic acids is 1. The number of rotatable bonds is 9. The summed E-state index contributed by atoms with van der Waals surface area (Å²) in [4.78, 5) is 22.9. The number of alkyl halides is 2. The van der Waals surface area contributed by atoms with E-state index in [1.54, 1.807) is 31.2 Å². The largest absolute Gasteiger partial charge is 0.490 e. The van der Waals surface area contributed by atoms with Crippen molar-refractivity contribution in [2.45, 2.75) is 26.5 Å². The second kappa shape index (κ2) is 9.51. The van der Waals surface area contributed by atoms with E-state index in [1.807, 2.05) is 0 Å². The maximum absolute atomic E-state index is 12.7. The van der Waals surface area contributed by atoms with Crippen molar-refractivity contribution < 1.29 is 33.0 Å². The Morgan fingerprint density at radius 1 is 1.15 bits per heavy atom. The molecule has 0 atom stereocenters. The molecule has 0 aliphatic heterocycles. The average molecular weight is 379 g/mol. The van der Waals surface area contributed by atoms with Gasteiger partial charge in [-0.25, -0.2) is 4.79 Å². The molecule has 144 valence electrons. The minimum Gasteiger partial charge on any atom is -0.490 e. The summed E-state index contributed by atoms with van der Waals surface area (Å²) < 4.78 is 35.2. The van der Waals surface area contributed by atoms with Gasteiger partial charge in [-0.2, -0.15) is 8.78 Å². The number of para-hydroxylation sites is 1. The quantitative estimate of drug-likeness (QED) is 0.699. The molecule has 0 fully saturated rings. The fourth-order valence-corrected chi connectivity index (χ4v) is 2.40. The molecule has 0 radical (unpaired) electrons. The molecule has 0 aromatic heterocycles. The maximum atomic E-state index is 12.7. The molecule has 2 rings (SSSR count). The molecule has 0 saturated carbocycles. The molecule has 8 heteroatoms. The molecule has 0 spiro atoms. The van der Waals surface area contributed by atoms with E-state index < -0.39 is 12.6 Å². The first-order valence-electron chi connectivity index (χ1n) is 8.19. The number of hydrogen-bond acceptors (Lipinski definition) is 4.